The molecule has 2 heterocycles. The summed E-state index contributed by atoms with van der Waals surface area (Å²) in [5, 5.41) is 0. The summed E-state index contributed by atoms with van der Waals surface area (Å²) in [5.41, 5.74) is -0.946. The third-order valence-corrected chi connectivity index (χ3v) is 7.44. The van der Waals surface area contributed by atoms with E-state index >= 15 is 0 Å². The van der Waals surface area contributed by atoms with Crippen molar-refractivity contribution in [3.63, 3.8) is 0 Å². The van der Waals surface area contributed by atoms with E-state index in [0.29, 0.717) is 6.42 Å². The van der Waals surface area contributed by atoms with Gasteiger partial charge in [0, 0.05) is 23.7 Å². The molecule has 0 aromatic rings. The minimum absolute atomic E-state index is 0.00375. The van der Waals surface area contributed by atoms with E-state index in [1.165, 1.54) is 0 Å². The maximum absolute atomic E-state index is 12.5. The molecule has 0 bridgehead atoms. The van der Waals surface area contributed by atoms with Crippen LogP contribution >= 0.6 is 0 Å². The maximum atomic E-state index is 12.5. The lowest BCUT2D eigenvalue weighted by molar-refractivity contribution is -0.246. The number of carbonyl (C=O) groups is 2. The van der Waals surface area contributed by atoms with Crippen LogP contribution in [-0.4, -0.2) is 23.6 Å². The Morgan fingerprint density at radius 2 is 1.86 bits per heavy atom. The van der Waals surface area contributed by atoms with Crippen molar-refractivity contribution in [3.8, 4) is 0 Å². The second-order valence-corrected chi connectivity index (χ2v) is 8.46. The first-order valence-corrected chi connectivity index (χ1v) is 8.76. The smallest absolute Gasteiger partial charge is 0.312 e. The van der Waals surface area contributed by atoms with Crippen molar-refractivity contribution >= 4 is 11.9 Å². The van der Waals surface area contributed by atoms with Crippen LogP contribution < -0.4 is 0 Å². The quantitative estimate of drug-likeness (QED) is 0.645. The van der Waals surface area contributed by atoms with E-state index in [9.17, 15) is 9.59 Å². The Bertz CT molecular complexity index is 543. The second kappa shape index (κ2) is 4.27. The molecule has 122 valence electrons. The first kappa shape index (κ1) is 14.5. The Kier molecular flexibility index (Phi) is 2.82. The molecule has 4 nitrogen and oxygen atoms in total. The summed E-state index contributed by atoms with van der Waals surface area (Å²) in [4.78, 5) is 24.6. The Labute approximate surface area is 131 Å². The minimum atomic E-state index is -0.404. The highest BCUT2D eigenvalue weighted by molar-refractivity contribution is 5.80. The molecule has 22 heavy (non-hydrogen) atoms. The molecular weight excluding hydrogens is 280 g/mol. The molecule has 0 unspecified atom stereocenters. The molecule has 4 aliphatic rings. The van der Waals surface area contributed by atoms with Crippen LogP contribution in [0.2, 0.25) is 0 Å². The van der Waals surface area contributed by atoms with Gasteiger partial charge >= 0.3 is 11.9 Å². The predicted molar refractivity (Wildman–Crippen MR) is 79.9 cm³/mol. The molecule has 2 aliphatic carbocycles. The van der Waals surface area contributed by atoms with Crippen LogP contribution in [0, 0.1) is 22.7 Å². The summed E-state index contributed by atoms with van der Waals surface area (Å²) in [6.45, 7) is 6.52. The maximum Gasteiger partial charge on any atom is 0.312 e. The Morgan fingerprint density at radius 3 is 2.59 bits per heavy atom. The number of fused-ring (bicyclic) bond motifs is 1. The largest absolute Gasteiger partial charge is 0.462 e. The van der Waals surface area contributed by atoms with Gasteiger partial charge in [0.25, 0.3) is 0 Å². The standard InChI is InChI=1S/C18H26O4/c1-11-10-12-14-16(2,15(20)21-12)7-5-8-17(14,3)18(11)9-4-6-13(19)22-18/h11-12,14H,4-10H2,1-3H3/t11-,12-,14+,16+,17+,18+/m1/s1. The van der Waals surface area contributed by atoms with Crippen LogP contribution in [0.5, 0.6) is 0 Å². The summed E-state index contributed by atoms with van der Waals surface area (Å²) >= 11 is 0. The Balaban J connectivity index is 1.85. The first-order valence-electron chi connectivity index (χ1n) is 8.76. The molecule has 6 atom stereocenters. The topological polar surface area (TPSA) is 52.6 Å². The van der Waals surface area contributed by atoms with Crippen LogP contribution in [0.15, 0.2) is 0 Å². The molecule has 0 aromatic carbocycles. The highest BCUT2D eigenvalue weighted by Gasteiger charge is 2.73. The van der Waals surface area contributed by atoms with Gasteiger partial charge in [0.05, 0.1) is 5.41 Å². The molecule has 4 fully saturated rings. The summed E-state index contributed by atoms with van der Waals surface area (Å²) in [7, 11) is 0. The van der Waals surface area contributed by atoms with Crippen molar-refractivity contribution < 1.29 is 19.1 Å². The molecule has 0 radical (unpaired) electrons. The van der Waals surface area contributed by atoms with E-state index < -0.39 is 11.0 Å². The molecule has 2 aliphatic heterocycles. The fourth-order valence-electron chi connectivity index (χ4n) is 6.54. The van der Waals surface area contributed by atoms with Crippen molar-refractivity contribution in [2.75, 3.05) is 0 Å². The average Bonchev–Trinajstić information content (AvgIpc) is 2.70. The van der Waals surface area contributed by atoms with Gasteiger partial charge in [0.1, 0.15) is 11.7 Å². The van der Waals surface area contributed by atoms with Gasteiger partial charge in [-0.15, -0.1) is 0 Å². The lowest BCUT2D eigenvalue weighted by Gasteiger charge is -2.63. The summed E-state index contributed by atoms with van der Waals surface area (Å²) < 4.78 is 11.9. The molecule has 1 spiro atoms. The summed E-state index contributed by atoms with van der Waals surface area (Å²) in [5.74, 6) is 0.342. The lowest BCUT2D eigenvalue weighted by atomic mass is 9.43. The van der Waals surface area contributed by atoms with Gasteiger partial charge in [0.2, 0.25) is 0 Å². The third kappa shape index (κ3) is 1.49. The predicted octanol–water partition coefficient (Wildman–Crippen LogP) is 3.23. The molecular formula is C18H26O4. The minimum Gasteiger partial charge on any atom is -0.462 e. The van der Waals surface area contributed by atoms with Crippen molar-refractivity contribution in [1.29, 1.82) is 0 Å². The number of carbonyl (C=O) groups excluding carboxylic acids is 2. The number of esters is 2. The number of rotatable bonds is 0. The van der Waals surface area contributed by atoms with E-state index in [4.69, 9.17) is 9.47 Å². The van der Waals surface area contributed by atoms with E-state index in [1.54, 1.807) is 0 Å². The van der Waals surface area contributed by atoms with Gasteiger partial charge in [-0.3, -0.25) is 9.59 Å². The molecule has 0 aromatic heterocycles. The summed E-state index contributed by atoms with van der Waals surface area (Å²) in [6, 6.07) is 0. The fourth-order valence-corrected chi connectivity index (χ4v) is 6.54. The van der Waals surface area contributed by atoms with E-state index in [1.807, 2.05) is 0 Å². The first-order chi connectivity index (χ1) is 10.3. The highest BCUT2D eigenvalue weighted by Crippen LogP contribution is 2.68. The average molecular weight is 306 g/mol. The molecule has 2 saturated heterocycles. The number of ether oxygens (including phenoxy) is 2. The Hall–Kier alpha value is -1.06. The molecule has 2 saturated carbocycles. The second-order valence-electron chi connectivity index (χ2n) is 8.46. The van der Waals surface area contributed by atoms with Gasteiger partial charge in [-0.25, -0.2) is 0 Å². The monoisotopic (exact) mass is 306 g/mol. The van der Waals surface area contributed by atoms with Crippen LogP contribution in [0.1, 0.15) is 65.7 Å². The van der Waals surface area contributed by atoms with Crippen molar-refractivity contribution in [3.05, 3.63) is 0 Å². The van der Waals surface area contributed by atoms with Crippen molar-refractivity contribution in [2.45, 2.75) is 77.4 Å². The zero-order chi connectivity index (χ0) is 15.8. The van der Waals surface area contributed by atoms with Gasteiger partial charge in [-0.1, -0.05) is 20.3 Å². The SMILES string of the molecule is C[C@@H]1C[C@H]2OC(=O)[C@@]3(C)CCC[C@@](C)([C@@H]23)[C@]12CCCC(=O)O2. The van der Waals surface area contributed by atoms with Crippen LogP contribution in [0.4, 0.5) is 0 Å². The van der Waals surface area contributed by atoms with E-state index in [2.05, 4.69) is 20.8 Å². The lowest BCUT2D eigenvalue weighted by Crippen LogP contribution is -2.67. The van der Waals surface area contributed by atoms with Gasteiger partial charge < -0.3 is 9.47 Å². The van der Waals surface area contributed by atoms with Crippen molar-refractivity contribution in [2.24, 2.45) is 22.7 Å². The van der Waals surface area contributed by atoms with Crippen LogP contribution in [-0.2, 0) is 19.1 Å². The normalized spacial score (nSPS) is 53.9. The molecule has 4 heteroatoms. The molecule has 0 amide bonds. The van der Waals surface area contributed by atoms with Gasteiger partial charge in [-0.2, -0.15) is 0 Å². The van der Waals surface area contributed by atoms with Crippen molar-refractivity contribution in [1.82, 2.24) is 0 Å². The van der Waals surface area contributed by atoms with Crippen LogP contribution in [0.3, 0.4) is 0 Å². The summed E-state index contributed by atoms with van der Waals surface area (Å²) in [6.07, 6.45) is 6.14. The third-order valence-electron chi connectivity index (χ3n) is 7.44. The zero-order valence-corrected chi connectivity index (χ0v) is 13.8. The number of hydrogen-bond acceptors (Lipinski definition) is 4. The van der Waals surface area contributed by atoms with E-state index in [0.717, 1.165) is 38.5 Å². The fraction of sp³-hybridized carbons (Fsp3) is 0.889. The Morgan fingerprint density at radius 1 is 1.09 bits per heavy atom. The van der Waals surface area contributed by atoms with E-state index in [-0.39, 0.29) is 35.3 Å². The molecule has 0 N–H and O–H groups in total. The zero-order valence-electron chi connectivity index (χ0n) is 13.8. The van der Waals surface area contributed by atoms with Gasteiger partial charge in [0.15, 0.2) is 0 Å². The molecule has 4 rings (SSSR count). The number of hydrogen-bond donors (Lipinski definition) is 0. The van der Waals surface area contributed by atoms with Crippen LogP contribution in [0.25, 0.3) is 0 Å². The highest BCUT2D eigenvalue weighted by atomic mass is 16.6. The van der Waals surface area contributed by atoms with Gasteiger partial charge in [-0.05, 0) is 39.0 Å².